The molecule has 1 amide bonds. The second kappa shape index (κ2) is 7.55. The minimum atomic E-state index is -3.32. The highest BCUT2D eigenvalue weighted by Crippen LogP contribution is 2.07. The van der Waals surface area contributed by atoms with Crippen LogP contribution in [0.25, 0.3) is 0 Å². The molecule has 20 heavy (non-hydrogen) atoms. The quantitative estimate of drug-likeness (QED) is 0.549. The number of rotatable bonds is 7. The van der Waals surface area contributed by atoms with Crippen molar-refractivity contribution < 1.29 is 27.5 Å². The van der Waals surface area contributed by atoms with Crippen LogP contribution in [0.5, 0.6) is 0 Å². The van der Waals surface area contributed by atoms with Crippen LogP contribution in [-0.2, 0) is 28.9 Å². The third-order valence-corrected chi connectivity index (χ3v) is 4.62. The highest BCUT2D eigenvalue weighted by Gasteiger charge is 2.27. The maximum atomic E-state index is 11.7. The zero-order valence-electron chi connectivity index (χ0n) is 11.4. The van der Waals surface area contributed by atoms with Crippen molar-refractivity contribution in [1.29, 1.82) is 0 Å². The second-order valence-corrected chi connectivity index (χ2v) is 6.85. The molecule has 1 heterocycles. The average molecular weight is 308 g/mol. The smallest absolute Gasteiger partial charge is 0.336 e. The van der Waals surface area contributed by atoms with E-state index in [0.29, 0.717) is 19.7 Å². The summed E-state index contributed by atoms with van der Waals surface area (Å²) >= 11 is 0. The molecule has 1 fully saturated rings. The molecule has 0 aromatic carbocycles. The van der Waals surface area contributed by atoms with Gasteiger partial charge in [-0.3, -0.25) is 9.69 Å². The molecule has 116 valence electrons. The lowest BCUT2D eigenvalue weighted by molar-refractivity contribution is -0.159. The van der Waals surface area contributed by atoms with Gasteiger partial charge < -0.3 is 15.2 Å². The van der Waals surface area contributed by atoms with Crippen LogP contribution in [0, 0.1) is 0 Å². The van der Waals surface area contributed by atoms with Crippen LogP contribution in [0.1, 0.15) is 6.42 Å². The number of hydrogen-bond acceptors (Lipinski definition) is 7. The molecule has 0 aliphatic carbocycles. The summed E-state index contributed by atoms with van der Waals surface area (Å²) in [5.41, 5.74) is 4.92. The maximum absolute atomic E-state index is 11.7. The van der Waals surface area contributed by atoms with Crippen molar-refractivity contribution in [2.75, 3.05) is 44.9 Å². The van der Waals surface area contributed by atoms with E-state index in [1.165, 1.54) is 7.11 Å². The van der Waals surface area contributed by atoms with Gasteiger partial charge in [-0.25, -0.2) is 13.2 Å². The molecule has 1 aliphatic rings. The van der Waals surface area contributed by atoms with Crippen LogP contribution in [0.2, 0.25) is 0 Å². The first-order chi connectivity index (χ1) is 9.34. The summed E-state index contributed by atoms with van der Waals surface area (Å²) in [6.07, 6.45) is -0.849. The Hall–Kier alpha value is -1.19. The normalized spacial score (nSPS) is 20.6. The van der Waals surface area contributed by atoms with Gasteiger partial charge in [0.1, 0.15) is 0 Å². The zero-order valence-corrected chi connectivity index (χ0v) is 12.2. The summed E-state index contributed by atoms with van der Waals surface area (Å²) in [5, 5.41) is 0. The highest BCUT2D eigenvalue weighted by atomic mass is 32.2. The lowest BCUT2D eigenvalue weighted by Gasteiger charge is -2.31. The van der Waals surface area contributed by atoms with E-state index in [1.807, 2.05) is 4.90 Å². The fourth-order valence-corrected chi connectivity index (χ4v) is 3.06. The van der Waals surface area contributed by atoms with Crippen LogP contribution < -0.4 is 5.73 Å². The number of primary amides is 1. The third kappa shape index (κ3) is 5.85. The summed E-state index contributed by atoms with van der Waals surface area (Å²) in [6.45, 7) is 1.50. The summed E-state index contributed by atoms with van der Waals surface area (Å²) in [4.78, 5) is 23.8. The van der Waals surface area contributed by atoms with Crippen LogP contribution in [0.15, 0.2) is 0 Å². The molecule has 2 N–H and O–H groups in total. The fourth-order valence-electron chi connectivity index (χ4n) is 1.81. The third-order valence-electron chi connectivity index (χ3n) is 2.99. The Bertz CT molecular complexity index is 450. The number of nitrogens with two attached hydrogens (primary N) is 1. The molecule has 0 aromatic rings. The van der Waals surface area contributed by atoms with Crippen molar-refractivity contribution in [2.24, 2.45) is 5.73 Å². The molecule has 0 radical (unpaired) electrons. The van der Waals surface area contributed by atoms with Crippen LogP contribution in [0.3, 0.4) is 0 Å². The summed E-state index contributed by atoms with van der Waals surface area (Å²) in [5.74, 6) is -1.42. The van der Waals surface area contributed by atoms with E-state index >= 15 is 0 Å². The van der Waals surface area contributed by atoms with Crippen LogP contribution in [0.4, 0.5) is 0 Å². The molecular weight excluding hydrogens is 288 g/mol. The second-order valence-electron chi connectivity index (χ2n) is 4.55. The van der Waals surface area contributed by atoms with Crippen LogP contribution in [-0.4, -0.2) is 76.2 Å². The minimum absolute atomic E-state index is 0.0752. The number of esters is 1. The van der Waals surface area contributed by atoms with E-state index in [2.05, 4.69) is 4.74 Å². The number of ether oxygens (including phenoxy) is 2. The van der Waals surface area contributed by atoms with E-state index in [4.69, 9.17) is 10.5 Å². The number of carbonyl (C=O) groups is 2. The number of morpholine rings is 1. The molecular formula is C11H20N2O6S. The van der Waals surface area contributed by atoms with Crippen molar-refractivity contribution in [2.45, 2.75) is 12.5 Å². The number of hydrogen-bond donors (Lipinski definition) is 1. The van der Waals surface area contributed by atoms with Gasteiger partial charge in [0.15, 0.2) is 15.9 Å². The summed E-state index contributed by atoms with van der Waals surface area (Å²) in [6, 6.07) is 0. The molecule has 8 nitrogen and oxygen atoms in total. The van der Waals surface area contributed by atoms with Crippen molar-refractivity contribution in [3.8, 4) is 0 Å². The van der Waals surface area contributed by atoms with Gasteiger partial charge in [-0.1, -0.05) is 0 Å². The average Bonchev–Trinajstić information content (AvgIpc) is 2.43. The predicted octanol–water partition coefficient (Wildman–Crippen LogP) is -1.85. The van der Waals surface area contributed by atoms with Gasteiger partial charge in [0.2, 0.25) is 5.91 Å². The minimum Gasteiger partial charge on any atom is -0.467 e. The van der Waals surface area contributed by atoms with E-state index in [1.54, 1.807) is 0 Å². The Morgan fingerprint density at radius 1 is 1.40 bits per heavy atom. The summed E-state index contributed by atoms with van der Waals surface area (Å²) in [7, 11) is -2.04. The predicted molar refractivity (Wildman–Crippen MR) is 70.7 cm³/mol. The molecule has 0 spiro atoms. The Morgan fingerprint density at radius 2 is 2.10 bits per heavy atom. The van der Waals surface area contributed by atoms with E-state index < -0.39 is 27.8 Å². The zero-order chi connectivity index (χ0) is 15.2. The van der Waals surface area contributed by atoms with Crippen molar-refractivity contribution in [3.63, 3.8) is 0 Å². The molecule has 1 atom stereocenters. The van der Waals surface area contributed by atoms with Crippen molar-refractivity contribution >= 4 is 21.7 Å². The van der Waals surface area contributed by atoms with Gasteiger partial charge >= 0.3 is 5.97 Å². The molecule has 1 rings (SSSR count). The number of methoxy groups -OCH3 is 1. The molecule has 0 saturated carbocycles. The van der Waals surface area contributed by atoms with Crippen molar-refractivity contribution in [1.82, 2.24) is 4.90 Å². The Labute approximate surface area is 118 Å². The Balaban J connectivity index is 2.41. The fraction of sp³-hybridized carbons (Fsp3) is 0.818. The lowest BCUT2D eigenvalue weighted by atomic mass is 10.3. The lowest BCUT2D eigenvalue weighted by Crippen LogP contribution is -2.47. The topological polar surface area (TPSA) is 116 Å². The van der Waals surface area contributed by atoms with E-state index in [0.717, 1.165) is 0 Å². The number of amides is 1. The standard InChI is InChI=1S/C11H20N2O6S/c1-18-11(15)9-8-13(3-5-19-9)4-7-20(16,17)6-2-10(12)14/h9H,2-8H2,1H3,(H2,12,14). The van der Waals surface area contributed by atoms with Gasteiger partial charge in [0, 0.05) is 26.1 Å². The van der Waals surface area contributed by atoms with Gasteiger partial charge in [0.25, 0.3) is 0 Å². The molecule has 1 saturated heterocycles. The highest BCUT2D eigenvalue weighted by molar-refractivity contribution is 7.91. The number of nitrogens with zero attached hydrogens (tertiary/aromatic N) is 1. The molecule has 1 aliphatic heterocycles. The number of carbonyl (C=O) groups excluding carboxylic acids is 2. The van der Waals surface area contributed by atoms with Gasteiger partial charge in [-0.05, 0) is 0 Å². The monoisotopic (exact) mass is 308 g/mol. The first-order valence-electron chi connectivity index (χ1n) is 6.24. The first-order valence-corrected chi connectivity index (χ1v) is 8.06. The molecule has 1 unspecified atom stereocenters. The SMILES string of the molecule is COC(=O)C1CN(CCS(=O)(=O)CCC(N)=O)CCO1. The van der Waals surface area contributed by atoms with E-state index in [9.17, 15) is 18.0 Å². The maximum Gasteiger partial charge on any atom is 0.336 e. The van der Waals surface area contributed by atoms with Gasteiger partial charge in [-0.15, -0.1) is 0 Å². The molecule has 0 aromatic heterocycles. The van der Waals surface area contributed by atoms with Crippen molar-refractivity contribution in [3.05, 3.63) is 0 Å². The van der Waals surface area contributed by atoms with Crippen LogP contribution >= 0.6 is 0 Å². The van der Waals surface area contributed by atoms with Gasteiger partial charge in [0.05, 0.1) is 25.2 Å². The number of sulfone groups is 1. The molecule has 9 heteroatoms. The Morgan fingerprint density at radius 3 is 2.70 bits per heavy atom. The van der Waals surface area contributed by atoms with E-state index in [-0.39, 0.29) is 24.5 Å². The largest absolute Gasteiger partial charge is 0.467 e. The first kappa shape index (κ1) is 16.9. The van der Waals surface area contributed by atoms with Gasteiger partial charge in [-0.2, -0.15) is 0 Å². The molecule has 0 bridgehead atoms. The summed E-state index contributed by atoms with van der Waals surface area (Å²) < 4.78 is 33.2. The Kier molecular flexibility index (Phi) is 6.37.